The van der Waals surface area contributed by atoms with Crippen molar-refractivity contribution in [3.05, 3.63) is 0 Å². The largest absolute Gasteiger partial charge is 0.479 e. The maximum Gasteiger partial charge on any atom is 0.334 e. The van der Waals surface area contributed by atoms with Crippen LogP contribution in [0.15, 0.2) is 0 Å². The molecule has 2 aliphatic rings. The van der Waals surface area contributed by atoms with Crippen LogP contribution in [0.25, 0.3) is 0 Å². The third-order valence-corrected chi connectivity index (χ3v) is 3.69. The maximum atomic E-state index is 11.4. The lowest BCUT2D eigenvalue weighted by Gasteiger charge is -2.16. The summed E-state index contributed by atoms with van der Waals surface area (Å²) in [6.07, 6.45) is 3.52. The monoisotopic (exact) mass is 256 g/mol. The molecule has 0 aromatic carbocycles. The summed E-state index contributed by atoms with van der Waals surface area (Å²) in [6.45, 7) is 0.392. The molecule has 0 spiro atoms. The van der Waals surface area contributed by atoms with E-state index in [0.717, 1.165) is 11.8 Å². The second-order valence-corrected chi connectivity index (χ2v) is 5.28. The molecule has 6 heteroatoms. The van der Waals surface area contributed by atoms with Crippen LogP contribution in [-0.2, 0) is 4.79 Å². The molecule has 0 bridgehead atoms. The number of carbonyl (C=O) groups is 2. The molecule has 6 nitrogen and oxygen atoms in total. The molecule has 18 heavy (non-hydrogen) atoms. The highest BCUT2D eigenvalue weighted by atomic mass is 16.4. The van der Waals surface area contributed by atoms with Gasteiger partial charge in [-0.3, -0.25) is 0 Å². The van der Waals surface area contributed by atoms with Crippen LogP contribution in [0.2, 0.25) is 0 Å². The van der Waals surface area contributed by atoms with E-state index in [2.05, 4.69) is 10.6 Å². The number of carboxylic acid groups (broad SMARTS) is 1. The van der Waals surface area contributed by atoms with Crippen molar-refractivity contribution in [1.29, 1.82) is 0 Å². The lowest BCUT2D eigenvalue weighted by atomic mass is 9.98. The van der Waals surface area contributed by atoms with E-state index in [0.29, 0.717) is 12.5 Å². The Morgan fingerprint density at radius 3 is 2.00 bits per heavy atom. The first-order valence-electron chi connectivity index (χ1n) is 6.50. The topological polar surface area (TPSA) is 98.7 Å². The van der Waals surface area contributed by atoms with E-state index in [9.17, 15) is 9.59 Å². The molecule has 1 unspecified atom stereocenters. The fraction of sp³-hybridized carbons (Fsp3) is 0.833. The minimum atomic E-state index is -1.54. The van der Waals surface area contributed by atoms with Gasteiger partial charge in [-0.25, -0.2) is 9.59 Å². The molecule has 102 valence electrons. The van der Waals surface area contributed by atoms with Crippen molar-refractivity contribution < 1.29 is 19.8 Å². The van der Waals surface area contributed by atoms with Crippen molar-refractivity contribution in [1.82, 2.24) is 10.6 Å². The van der Waals surface area contributed by atoms with E-state index in [4.69, 9.17) is 10.2 Å². The number of rotatable bonds is 7. The summed E-state index contributed by atoms with van der Waals surface area (Å²) in [5, 5.41) is 22.6. The van der Waals surface area contributed by atoms with Gasteiger partial charge in [-0.15, -0.1) is 0 Å². The predicted molar refractivity (Wildman–Crippen MR) is 64.0 cm³/mol. The van der Waals surface area contributed by atoms with Gasteiger partial charge in [0.15, 0.2) is 6.10 Å². The molecule has 4 N–H and O–H groups in total. The number of hydrogen-bond donors (Lipinski definition) is 4. The van der Waals surface area contributed by atoms with E-state index in [1.54, 1.807) is 0 Å². The molecular formula is C12H20N2O4. The van der Waals surface area contributed by atoms with Crippen molar-refractivity contribution in [2.24, 2.45) is 17.8 Å². The Kier molecular flexibility index (Phi) is 4.06. The Morgan fingerprint density at radius 2 is 1.56 bits per heavy atom. The molecule has 0 heterocycles. The summed E-state index contributed by atoms with van der Waals surface area (Å²) in [6, 6.07) is -0.401. The van der Waals surface area contributed by atoms with Crippen LogP contribution in [0.5, 0.6) is 0 Å². The summed E-state index contributed by atoms with van der Waals surface area (Å²) >= 11 is 0. The van der Waals surface area contributed by atoms with Crippen LogP contribution in [0.3, 0.4) is 0 Å². The lowest BCUT2D eigenvalue weighted by molar-refractivity contribution is -0.146. The smallest absolute Gasteiger partial charge is 0.334 e. The molecule has 1 atom stereocenters. The fourth-order valence-electron chi connectivity index (χ4n) is 2.32. The van der Waals surface area contributed by atoms with Gasteiger partial charge in [-0.1, -0.05) is 0 Å². The van der Waals surface area contributed by atoms with Gasteiger partial charge in [0.05, 0.1) is 6.54 Å². The highest BCUT2D eigenvalue weighted by Gasteiger charge is 2.41. The third kappa shape index (κ3) is 3.87. The van der Waals surface area contributed by atoms with Crippen LogP contribution in [0, 0.1) is 17.8 Å². The lowest BCUT2D eigenvalue weighted by Crippen LogP contribution is -2.43. The van der Waals surface area contributed by atoms with Gasteiger partial charge in [0.25, 0.3) is 0 Å². The number of aliphatic carboxylic acids is 1. The summed E-state index contributed by atoms with van der Waals surface area (Å²) in [7, 11) is 0. The first kappa shape index (κ1) is 13.1. The van der Waals surface area contributed by atoms with Crippen molar-refractivity contribution in [2.75, 3.05) is 13.1 Å². The van der Waals surface area contributed by atoms with Crippen LogP contribution in [0.1, 0.15) is 25.7 Å². The summed E-state index contributed by atoms with van der Waals surface area (Å²) < 4.78 is 0. The first-order chi connectivity index (χ1) is 8.58. The number of hydrogen-bond acceptors (Lipinski definition) is 3. The zero-order valence-corrected chi connectivity index (χ0v) is 10.3. The van der Waals surface area contributed by atoms with E-state index < -0.39 is 18.1 Å². The average molecular weight is 256 g/mol. The molecule has 0 aromatic rings. The zero-order valence-electron chi connectivity index (χ0n) is 10.3. The Morgan fingerprint density at radius 1 is 1.06 bits per heavy atom. The number of urea groups is 1. The summed E-state index contributed by atoms with van der Waals surface area (Å²) in [5.41, 5.74) is 0. The molecule has 0 saturated heterocycles. The van der Waals surface area contributed by atoms with Gasteiger partial charge < -0.3 is 20.8 Å². The van der Waals surface area contributed by atoms with E-state index in [1.807, 2.05) is 0 Å². The minimum Gasteiger partial charge on any atom is -0.479 e. The second kappa shape index (κ2) is 5.56. The van der Waals surface area contributed by atoms with Gasteiger partial charge in [-0.05, 0) is 43.4 Å². The van der Waals surface area contributed by atoms with Crippen molar-refractivity contribution >= 4 is 12.0 Å². The van der Waals surface area contributed by atoms with Gasteiger partial charge in [-0.2, -0.15) is 0 Å². The van der Waals surface area contributed by atoms with Crippen molar-refractivity contribution in [3.63, 3.8) is 0 Å². The molecule has 0 aromatic heterocycles. The van der Waals surface area contributed by atoms with Gasteiger partial charge >= 0.3 is 12.0 Å². The number of aliphatic hydroxyl groups excluding tert-OH is 1. The van der Waals surface area contributed by atoms with E-state index in [1.165, 1.54) is 25.7 Å². The van der Waals surface area contributed by atoms with Crippen LogP contribution >= 0.6 is 0 Å². The Labute approximate surface area is 106 Å². The molecule has 2 fully saturated rings. The van der Waals surface area contributed by atoms with Crippen molar-refractivity contribution in [2.45, 2.75) is 31.8 Å². The number of aliphatic hydroxyl groups is 1. The Bertz CT molecular complexity index is 314. The molecule has 0 radical (unpaired) electrons. The zero-order chi connectivity index (χ0) is 13.1. The molecule has 0 aliphatic heterocycles. The Hall–Kier alpha value is -1.30. The fourth-order valence-corrected chi connectivity index (χ4v) is 2.32. The summed E-state index contributed by atoms with van der Waals surface area (Å²) in [5.74, 6) is 0.786. The summed E-state index contributed by atoms with van der Waals surface area (Å²) in [4.78, 5) is 21.8. The Balaban J connectivity index is 1.63. The quantitative estimate of drug-likeness (QED) is 0.521. The van der Waals surface area contributed by atoms with Crippen molar-refractivity contribution in [3.8, 4) is 0 Å². The molecule has 2 aliphatic carbocycles. The normalized spacial score (nSPS) is 20.6. The molecule has 2 amide bonds. The molecule has 2 saturated carbocycles. The van der Waals surface area contributed by atoms with Gasteiger partial charge in [0, 0.05) is 6.54 Å². The number of carbonyl (C=O) groups excluding carboxylic acids is 1. The average Bonchev–Trinajstić information content (AvgIpc) is 3.16. The predicted octanol–water partition coefficient (Wildman–Crippen LogP) is 0.167. The molecular weight excluding hydrogens is 236 g/mol. The number of amides is 2. The first-order valence-corrected chi connectivity index (χ1v) is 6.50. The maximum absolute atomic E-state index is 11.4. The van der Waals surface area contributed by atoms with Crippen LogP contribution in [-0.4, -0.2) is 41.4 Å². The van der Waals surface area contributed by atoms with Gasteiger partial charge in [0.1, 0.15) is 0 Å². The standard InChI is InChI=1S/C12H20N2O4/c15-10(11(16)17)6-14-12(18)13-5-9(7-1-2-7)8-3-4-8/h7-10,15H,1-6H2,(H,16,17)(H2,13,14,18). The number of nitrogens with one attached hydrogen (secondary N) is 2. The SMILES string of the molecule is O=C(NCC(O)C(=O)O)NCC(C1CC1)C1CC1. The van der Waals surface area contributed by atoms with Gasteiger partial charge in [0.2, 0.25) is 0 Å². The molecule has 2 rings (SSSR count). The second-order valence-electron chi connectivity index (χ2n) is 5.28. The highest BCUT2D eigenvalue weighted by molar-refractivity contribution is 5.76. The van der Waals surface area contributed by atoms with E-state index >= 15 is 0 Å². The van der Waals surface area contributed by atoms with Crippen LogP contribution in [0.4, 0.5) is 4.79 Å². The number of carboxylic acids is 1. The van der Waals surface area contributed by atoms with Crippen LogP contribution < -0.4 is 10.6 Å². The highest BCUT2D eigenvalue weighted by Crippen LogP contribution is 2.48. The van der Waals surface area contributed by atoms with E-state index in [-0.39, 0.29) is 6.54 Å². The third-order valence-electron chi connectivity index (χ3n) is 3.69. The minimum absolute atomic E-state index is 0.265.